The van der Waals surface area contributed by atoms with Gasteiger partial charge in [0.05, 0.1) is 13.2 Å². The number of hydrogen-bond donors (Lipinski definition) is 3. The Balaban J connectivity index is 2.47. The molecule has 4 nitrogen and oxygen atoms in total. The highest BCUT2D eigenvalue weighted by atomic mass is 16.3. The zero-order valence-corrected chi connectivity index (χ0v) is 9.11. The van der Waals surface area contributed by atoms with E-state index in [4.69, 9.17) is 5.11 Å². The Morgan fingerprint density at radius 3 is 2.57 bits per heavy atom. The maximum atomic E-state index is 9.19. The van der Waals surface area contributed by atoms with Gasteiger partial charge in [-0.05, 0) is 5.92 Å². The summed E-state index contributed by atoms with van der Waals surface area (Å²) in [5, 5.41) is 21.5. The lowest BCUT2D eigenvalue weighted by molar-refractivity contribution is 0.0564. The summed E-state index contributed by atoms with van der Waals surface area (Å²) < 4.78 is 0. The second-order valence-electron chi connectivity index (χ2n) is 4.47. The third kappa shape index (κ3) is 3.20. The average Bonchev–Trinajstić information content (AvgIpc) is 2.16. The minimum Gasteiger partial charge on any atom is -0.395 e. The molecule has 2 unspecified atom stereocenters. The van der Waals surface area contributed by atoms with E-state index in [1.807, 2.05) is 0 Å². The number of hydrogen-bond acceptors (Lipinski definition) is 4. The third-order valence-corrected chi connectivity index (χ3v) is 2.64. The molecule has 0 aliphatic carbocycles. The minimum atomic E-state index is 0.163. The monoisotopic (exact) mass is 202 g/mol. The van der Waals surface area contributed by atoms with Crippen LogP contribution in [0.3, 0.4) is 0 Å². The second-order valence-corrected chi connectivity index (χ2v) is 4.47. The Morgan fingerprint density at radius 2 is 2.07 bits per heavy atom. The summed E-state index contributed by atoms with van der Waals surface area (Å²) in [5.41, 5.74) is 0. The van der Waals surface area contributed by atoms with Crippen LogP contribution in [0.4, 0.5) is 0 Å². The molecule has 0 spiro atoms. The van der Waals surface area contributed by atoms with Gasteiger partial charge in [0.15, 0.2) is 0 Å². The Bertz CT molecular complexity index is 164. The molecular weight excluding hydrogens is 180 g/mol. The summed E-state index contributed by atoms with van der Waals surface area (Å²) in [6, 6.07) is 0.372. The fourth-order valence-corrected chi connectivity index (χ4v) is 1.92. The average molecular weight is 202 g/mol. The summed E-state index contributed by atoms with van der Waals surface area (Å²) in [7, 11) is 0. The Morgan fingerprint density at radius 1 is 1.36 bits per heavy atom. The first-order valence-electron chi connectivity index (χ1n) is 5.36. The molecule has 3 N–H and O–H groups in total. The molecule has 0 aromatic heterocycles. The zero-order chi connectivity index (χ0) is 10.6. The highest BCUT2D eigenvalue weighted by molar-refractivity contribution is 4.85. The first kappa shape index (κ1) is 11.9. The quantitative estimate of drug-likeness (QED) is 0.562. The van der Waals surface area contributed by atoms with Crippen LogP contribution in [0.5, 0.6) is 0 Å². The van der Waals surface area contributed by atoms with Crippen molar-refractivity contribution in [3.63, 3.8) is 0 Å². The molecule has 4 heteroatoms. The molecule has 0 saturated carbocycles. The van der Waals surface area contributed by atoms with Crippen LogP contribution in [-0.2, 0) is 0 Å². The fourth-order valence-electron chi connectivity index (χ4n) is 1.92. The van der Waals surface area contributed by atoms with E-state index in [-0.39, 0.29) is 25.3 Å². The van der Waals surface area contributed by atoms with Gasteiger partial charge < -0.3 is 15.5 Å². The van der Waals surface area contributed by atoms with Crippen molar-refractivity contribution in [3.8, 4) is 0 Å². The van der Waals surface area contributed by atoms with Crippen LogP contribution in [-0.4, -0.2) is 60.0 Å². The van der Waals surface area contributed by atoms with Gasteiger partial charge >= 0.3 is 0 Å². The molecule has 0 aromatic carbocycles. The van der Waals surface area contributed by atoms with Gasteiger partial charge in [-0.1, -0.05) is 13.8 Å². The largest absolute Gasteiger partial charge is 0.395 e. The van der Waals surface area contributed by atoms with E-state index in [0.717, 1.165) is 19.6 Å². The van der Waals surface area contributed by atoms with Crippen molar-refractivity contribution in [3.05, 3.63) is 0 Å². The predicted octanol–water partition coefficient (Wildman–Crippen LogP) is -0.731. The lowest BCUT2D eigenvalue weighted by Crippen LogP contribution is -2.59. The van der Waals surface area contributed by atoms with Crippen molar-refractivity contribution in [1.82, 2.24) is 10.2 Å². The molecule has 1 aliphatic heterocycles. The van der Waals surface area contributed by atoms with E-state index in [1.54, 1.807) is 0 Å². The van der Waals surface area contributed by atoms with Crippen LogP contribution in [0, 0.1) is 5.92 Å². The van der Waals surface area contributed by atoms with Crippen molar-refractivity contribution in [2.45, 2.75) is 25.9 Å². The number of nitrogens with zero attached hydrogens (tertiary/aromatic N) is 1. The Kier molecular flexibility index (Phi) is 4.81. The first-order chi connectivity index (χ1) is 6.67. The molecule has 1 aliphatic rings. The van der Waals surface area contributed by atoms with E-state index < -0.39 is 0 Å². The minimum absolute atomic E-state index is 0.163. The normalized spacial score (nSPS) is 29.8. The van der Waals surface area contributed by atoms with E-state index >= 15 is 0 Å². The van der Waals surface area contributed by atoms with Gasteiger partial charge in [-0.15, -0.1) is 0 Å². The molecule has 0 radical (unpaired) electrons. The van der Waals surface area contributed by atoms with Crippen molar-refractivity contribution in [1.29, 1.82) is 0 Å². The molecule has 1 fully saturated rings. The maximum Gasteiger partial charge on any atom is 0.0599 e. The van der Waals surface area contributed by atoms with Gasteiger partial charge in [-0.2, -0.15) is 0 Å². The number of piperazine rings is 1. The van der Waals surface area contributed by atoms with E-state index in [0.29, 0.717) is 5.92 Å². The summed E-state index contributed by atoms with van der Waals surface area (Å²) in [4.78, 5) is 2.27. The number of rotatable bonds is 4. The van der Waals surface area contributed by atoms with Crippen LogP contribution >= 0.6 is 0 Å². The molecule has 2 atom stereocenters. The van der Waals surface area contributed by atoms with Gasteiger partial charge in [0, 0.05) is 31.7 Å². The van der Waals surface area contributed by atoms with Gasteiger partial charge in [0.25, 0.3) is 0 Å². The second kappa shape index (κ2) is 5.66. The van der Waals surface area contributed by atoms with Gasteiger partial charge in [0.2, 0.25) is 0 Å². The number of aliphatic hydroxyl groups is 2. The summed E-state index contributed by atoms with van der Waals surface area (Å²) in [6.45, 7) is 7.30. The Labute approximate surface area is 85.9 Å². The van der Waals surface area contributed by atoms with E-state index in [9.17, 15) is 5.11 Å². The standard InChI is InChI=1S/C10H22N2O2/c1-8(2)4-12-5-9(6-13)11-3-10(12)7-14/h8-11,13-14H,3-7H2,1-2H3. The van der Waals surface area contributed by atoms with Gasteiger partial charge in [-0.25, -0.2) is 0 Å². The fraction of sp³-hybridized carbons (Fsp3) is 1.00. The molecule has 1 heterocycles. The lowest BCUT2D eigenvalue weighted by Gasteiger charge is -2.39. The van der Waals surface area contributed by atoms with Crippen molar-refractivity contribution < 1.29 is 10.2 Å². The molecule has 1 rings (SSSR count). The van der Waals surface area contributed by atoms with Crippen LogP contribution in [0.15, 0.2) is 0 Å². The zero-order valence-electron chi connectivity index (χ0n) is 9.11. The molecule has 0 amide bonds. The van der Waals surface area contributed by atoms with Crippen LogP contribution in [0.25, 0.3) is 0 Å². The van der Waals surface area contributed by atoms with Crippen molar-refractivity contribution in [2.24, 2.45) is 5.92 Å². The molecule has 0 bridgehead atoms. The molecule has 1 saturated heterocycles. The number of nitrogens with one attached hydrogen (secondary N) is 1. The van der Waals surface area contributed by atoms with Gasteiger partial charge in [-0.3, -0.25) is 4.90 Å². The van der Waals surface area contributed by atoms with Crippen LogP contribution < -0.4 is 5.32 Å². The predicted molar refractivity (Wildman–Crippen MR) is 56.2 cm³/mol. The third-order valence-electron chi connectivity index (χ3n) is 2.64. The molecule has 84 valence electrons. The highest BCUT2D eigenvalue weighted by Gasteiger charge is 2.26. The SMILES string of the molecule is CC(C)CN1CC(CO)NCC1CO. The summed E-state index contributed by atoms with van der Waals surface area (Å²) >= 11 is 0. The smallest absolute Gasteiger partial charge is 0.0599 e. The highest BCUT2D eigenvalue weighted by Crippen LogP contribution is 2.09. The van der Waals surface area contributed by atoms with E-state index in [2.05, 4.69) is 24.1 Å². The molecule has 0 aromatic rings. The van der Waals surface area contributed by atoms with Crippen molar-refractivity contribution in [2.75, 3.05) is 32.8 Å². The molecular formula is C10H22N2O2. The van der Waals surface area contributed by atoms with E-state index in [1.165, 1.54) is 0 Å². The van der Waals surface area contributed by atoms with Gasteiger partial charge in [0.1, 0.15) is 0 Å². The van der Waals surface area contributed by atoms with Crippen LogP contribution in [0.2, 0.25) is 0 Å². The lowest BCUT2D eigenvalue weighted by atomic mass is 10.1. The number of aliphatic hydroxyl groups excluding tert-OH is 2. The topological polar surface area (TPSA) is 55.7 Å². The first-order valence-corrected chi connectivity index (χ1v) is 5.36. The Hall–Kier alpha value is -0.160. The molecule has 14 heavy (non-hydrogen) atoms. The van der Waals surface area contributed by atoms with Crippen LogP contribution in [0.1, 0.15) is 13.8 Å². The maximum absolute atomic E-state index is 9.19. The summed E-state index contributed by atoms with van der Waals surface area (Å²) in [6.07, 6.45) is 0. The summed E-state index contributed by atoms with van der Waals surface area (Å²) in [5.74, 6) is 0.599. The van der Waals surface area contributed by atoms with Crippen molar-refractivity contribution >= 4 is 0 Å².